The standard InChI is InChI=1S/C12H16O2.C8H16/c1-9-3-5-11(6-4-9)12-13-7-10(2)8-14-12;1-7-3-5-8(2)6-4-7/h3-6,10,12H,7-8H2,1-2H3;7-8H,3-6H2,1-2H3. The van der Waals surface area contributed by atoms with Crippen LogP contribution in [0.25, 0.3) is 0 Å². The molecule has 0 spiro atoms. The maximum absolute atomic E-state index is 5.59. The van der Waals surface area contributed by atoms with Gasteiger partial charge in [0.25, 0.3) is 0 Å². The molecule has 2 nitrogen and oxygen atoms in total. The van der Waals surface area contributed by atoms with Crippen LogP contribution in [0, 0.1) is 24.7 Å². The number of benzene rings is 1. The highest BCUT2D eigenvalue weighted by Gasteiger charge is 2.20. The van der Waals surface area contributed by atoms with Crippen LogP contribution < -0.4 is 0 Å². The van der Waals surface area contributed by atoms with Crippen LogP contribution in [0.1, 0.15) is 63.9 Å². The number of ether oxygens (including phenoxy) is 2. The molecule has 0 bridgehead atoms. The lowest BCUT2D eigenvalue weighted by Gasteiger charge is -2.27. The van der Waals surface area contributed by atoms with Gasteiger partial charge in [-0.1, -0.05) is 76.3 Å². The maximum Gasteiger partial charge on any atom is 0.183 e. The molecule has 0 aromatic heterocycles. The first-order valence-electron chi connectivity index (χ1n) is 8.84. The molecule has 1 aromatic rings. The van der Waals surface area contributed by atoms with Gasteiger partial charge in [0.15, 0.2) is 6.29 Å². The third-order valence-electron chi connectivity index (χ3n) is 4.72. The average Bonchev–Trinajstić information content (AvgIpc) is 2.53. The van der Waals surface area contributed by atoms with Crippen LogP contribution >= 0.6 is 0 Å². The number of aryl methyl sites for hydroxylation is 1. The first-order valence-corrected chi connectivity index (χ1v) is 8.84. The minimum absolute atomic E-state index is 0.160. The smallest absolute Gasteiger partial charge is 0.183 e. The Morgan fingerprint density at radius 2 is 1.18 bits per heavy atom. The molecule has 1 heterocycles. The zero-order chi connectivity index (χ0) is 15.9. The molecule has 2 fully saturated rings. The van der Waals surface area contributed by atoms with Crippen molar-refractivity contribution in [2.45, 2.75) is 59.7 Å². The van der Waals surface area contributed by atoms with Crippen LogP contribution in [0.2, 0.25) is 0 Å². The van der Waals surface area contributed by atoms with E-state index in [2.05, 4.69) is 52.0 Å². The molecule has 0 N–H and O–H groups in total. The van der Waals surface area contributed by atoms with Gasteiger partial charge < -0.3 is 9.47 Å². The predicted octanol–water partition coefficient (Wildman–Crippen LogP) is 5.51. The van der Waals surface area contributed by atoms with Crippen LogP contribution in [-0.2, 0) is 9.47 Å². The summed E-state index contributed by atoms with van der Waals surface area (Å²) in [7, 11) is 0. The highest BCUT2D eigenvalue weighted by Crippen LogP contribution is 2.27. The third kappa shape index (κ3) is 5.73. The monoisotopic (exact) mass is 304 g/mol. The molecule has 1 aromatic carbocycles. The zero-order valence-corrected chi connectivity index (χ0v) is 14.7. The third-order valence-corrected chi connectivity index (χ3v) is 4.72. The van der Waals surface area contributed by atoms with Crippen LogP contribution in [0.5, 0.6) is 0 Å². The lowest BCUT2D eigenvalue weighted by Crippen LogP contribution is -2.24. The maximum atomic E-state index is 5.59. The van der Waals surface area contributed by atoms with Gasteiger partial charge in [-0.15, -0.1) is 0 Å². The predicted molar refractivity (Wildman–Crippen MR) is 91.8 cm³/mol. The molecule has 1 aliphatic heterocycles. The highest BCUT2D eigenvalue weighted by atomic mass is 16.7. The molecule has 0 unspecified atom stereocenters. The van der Waals surface area contributed by atoms with Crippen LogP contribution in [-0.4, -0.2) is 13.2 Å². The topological polar surface area (TPSA) is 18.5 Å². The lowest BCUT2D eigenvalue weighted by atomic mass is 9.84. The van der Waals surface area contributed by atoms with Crippen molar-refractivity contribution in [1.82, 2.24) is 0 Å². The average molecular weight is 304 g/mol. The molecule has 124 valence electrons. The number of hydrogen-bond donors (Lipinski definition) is 0. The zero-order valence-electron chi connectivity index (χ0n) is 14.7. The Bertz CT molecular complexity index is 400. The molecule has 22 heavy (non-hydrogen) atoms. The van der Waals surface area contributed by atoms with Crippen molar-refractivity contribution in [2.24, 2.45) is 17.8 Å². The molecule has 2 heteroatoms. The summed E-state index contributed by atoms with van der Waals surface area (Å²) < 4.78 is 11.2. The van der Waals surface area contributed by atoms with E-state index in [0.29, 0.717) is 5.92 Å². The molecule has 1 saturated heterocycles. The second-order valence-corrected chi connectivity index (χ2v) is 7.38. The lowest BCUT2D eigenvalue weighted by molar-refractivity contribution is -0.202. The summed E-state index contributed by atoms with van der Waals surface area (Å²) in [5, 5.41) is 0. The summed E-state index contributed by atoms with van der Waals surface area (Å²) in [4.78, 5) is 0. The summed E-state index contributed by atoms with van der Waals surface area (Å²) in [6, 6.07) is 8.30. The van der Waals surface area contributed by atoms with Crippen molar-refractivity contribution in [3.8, 4) is 0 Å². The molecule has 2 aliphatic rings. The highest BCUT2D eigenvalue weighted by molar-refractivity contribution is 5.22. The van der Waals surface area contributed by atoms with E-state index in [0.717, 1.165) is 30.6 Å². The van der Waals surface area contributed by atoms with Crippen molar-refractivity contribution < 1.29 is 9.47 Å². The van der Waals surface area contributed by atoms with Crippen molar-refractivity contribution in [3.05, 3.63) is 35.4 Å². The Morgan fingerprint density at radius 1 is 0.727 bits per heavy atom. The largest absolute Gasteiger partial charge is 0.348 e. The van der Waals surface area contributed by atoms with E-state index in [4.69, 9.17) is 9.47 Å². The normalized spacial score (nSPS) is 32.0. The van der Waals surface area contributed by atoms with E-state index >= 15 is 0 Å². The Kier molecular flexibility index (Phi) is 6.91. The summed E-state index contributed by atoms with van der Waals surface area (Å²) in [6.07, 6.45) is 5.73. The van der Waals surface area contributed by atoms with Gasteiger partial charge >= 0.3 is 0 Å². The Labute approximate surface area is 136 Å². The number of hydrogen-bond acceptors (Lipinski definition) is 2. The summed E-state index contributed by atoms with van der Waals surface area (Å²) in [5.41, 5.74) is 2.38. The van der Waals surface area contributed by atoms with Crippen molar-refractivity contribution in [3.63, 3.8) is 0 Å². The fraction of sp³-hybridized carbons (Fsp3) is 0.700. The fourth-order valence-electron chi connectivity index (χ4n) is 2.94. The molecule has 0 radical (unpaired) electrons. The van der Waals surface area contributed by atoms with E-state index in [1.807, 2.05) is 0 Å². The molecule has 1 saturated carbocycles. The van der Waals surface area contributed by atoms with Gasteiger partial charge in [0.2, 0.25) is 0 Å². The van der Waals surface area contributed by atoms with E-state index < -0.39 is 0 Å². The minimum atomic E-state index is -0.160. The first kappa shape index (κ1) is 17.5. The molecule has 1 aliphatic carbocycles. The van der Waals surface area contributed by atoms with Crippen LogP contribution in [0.4, 0.5) is 0 Å². The van der Waals surface area contributed by atoms with Crippen LogP contribution in [0.3, 0.4) is 0 Å². The SMILES string of the molecule is CC1CCC(C)CC1.Cc1ccc(C2OCC(C)CO2)cc1. The van der Waals surface area contributed by atoms with Gasteiger partial charge in [0.05, 0.1) is 13.2 Å². The van der Waals surface area contributed by atoms with E-state index in [1.165, 1.54) is 31.2 Å². The quantitative estimate of drug-likeness (QED) is 0.681. The van der Waals surface area contributed by atoms with Gasteiger partial charge in [-0.3, -0.25) is 0 Å². The van der Waals surface area contributed by atoms with Crippen LogP contribution in [0.15, 0.2) is 24.3 Å². The molecule has 3 rings (SSSR count). The first-order chi connectivity index (χ1) is 10.5. The van der Waals surface area contributed by atoms with Crippen molar-refractivity contribution in [1.29, 1.82) is 0 Å². The summed E-state index contributed by atoms with van der Waals surface area (Å²) in [5.74, 6) is 2.55. The second-order valence-electron chi connectivity index (χ2n) is 7.38. The molecule has 0 amide bonds. The van der Waals surface area contributed by atoms with E-state index in [-0.39, 0.29) is 6.29 Å². The molecular weight excluding hydrogens is 272 g/mol. The Hall–Kier alpha value is -0.860. The minimum Gasteiger partial charge on any atom is -0.348 e. The van der Waals surface area contributed by atoms with E-state index in [9.17, 15) is 0 Å². The fourth-order valence-corrected chi connectivity index (χ4v) is 2.94. The number of rotatable bonds is 1. The van der Waals surface area contributed by atoms with Gasteiger partial charge in [-0.05, 0) is 18.8 Å². The molecular formula is C20H32O2. The Balaban J connectivity index is 0.000000188. The van der Waals surface area contributed by atoms with Gasteiger partial charge in [0, 0.05) is 11.5 Å². The van der Waals surface area contributed by atoms with Crippen molar-refractivity contribution in [2.75, 3.05) is 13.2 Å². The summed E-state index contributed by atoms with van der Waals surface area (Å²) >= 11 is 0. The van der Waals surface area contributed by atoms with Gasteiger partial charge in [-0.25, -0.2) is 0 Å². The Morgan fingerprint density at radius 3 is 1.64 bits per heavy atom. The van der Waals surface area contributed by atoms with Gasteiger partial charge in [-0.2, -0.15) is 0 Å². The molecule has 0 atom stereocenters. The summed E-state index contributed by atoms with van der Waals surface area (Å²) in [6.45, 7) is 10.5. The van der Waals surface area contributed by atoms with E-state index in [1.54, 1.807) is 0 Å². The van der Waals surface area contributed by atoms with Crippen molar-refractivity contribution >= 4 is 0 Å². The van der Waals surface area contributed by atoms with Gasteiger partial charge in [0.1, 0.15) is 0 Å². The second kappa shape index (κ2) is 8.69.